The molecule has 4 nitrogen and oxygen atoms in total. The van der Waals surface area contributed by atoms with E-state index in [2.05, 4.69) is 59.6 Å². The highest BCUT2D eigenvalue weighted by molar-refractivity contribution is 5.72. The summed E-state index contributed by atoms with van der Waals surface area (Å²) in [6.07, 6.45) is 5.93. The minimum absolute atomic E-state index is 0.166. The Labute approximate surface area is 212 Å². The number of hydrogen-bond acceptors (Lipinski definition) is 3. The molecule has 1 fully saturated rings. The third-order valence-electron chi connectivity index (χ3n) is 7.33. The standard InChI is InChI=1S/C32H31NO3/c34-29(25-6-2-1-3-7-25)10-4-8-26-9-5-21-33-31(26)27-13-11-23(12-14-27)24-15-17-28(18-16-24)32(19-20-32)22-30(35)36/h1-3,5-7,9,11-18,21,29,34H,4,8,10,19-20,22H2,(H,35,36). The molecule has 0 bridgehead atoms. The zero-order valence-electron chi connectivity index (χ0n) is 20.3. The van der Waals surface area contributed by atoms with Gasteiger partial charge in [0.15, 0.2) is 0 Å². The summed E-state index contributed by atoms with van der Waals surface area (Å²) >= 11 is 0. The number of aryl methyl sites for hydroxylation is 1. The Kier molecular flexibility index (Phi) is 6.97. The Balaban J connectivity index is 1.26. The number of nitrogens with zero attached hydrogens (tertiary/aromatic N) is 1. The van der Waals surface area contributed by atoms with Crippen LogP contribution in [-0.2, 0) is 16.6 Å². The van der Waals surface area contributed by atoms with Crippen molar-refractivity contribution < 1.29 is 15.0 Å². The molecule has 3 aromatic carbocycles. The Morgan fingerprint density at radius 1 is 0.833 bits per heavy atom. The Hall–Kier alpha value is -3.76. The van der Waals surface area contributed by atoms with Gasteiger partial charge in [-0.3, -0.25) is 9.78 Å². The van der Waals surface area contributed by atoms with Crippen LogP contribution in [-0.4, -0.2) is 21.2 Å². The van der Waals surface area contributed by atoms with E-state index in [1.807, 2.05) is 42.6 Å². The van der Waals surface area contributed by atoms with Gasteiger partial charge in [-0.1, -0.05) is 84.9 Å². The average Bonchev–Trinajstić information content (AvgIpc) is 3.69. The first-order chi connectivity index (χ1) is 17.5. The number of pyridine rings is 1. The number of aliphatic hydroxyl groups excluding tert-OH is 1. The highest BCUT2D eigenvalue weighted by Crippen LogP contribution is 2.51. The first kappa shape index (κ1) is 24.0. The fraction of sp³-hybridized carbons (Fsp3) is 0.250. The second kappa shape index (κ2) is 10.5. The fourth-order valence-corrected chi connectivity index (χ4v) is 5.07. The van der Waals surface area contributed by atoms with Crippen LogP contribution in [0.15, 0.2) is 97.2 Å². The first-order valence-corrected chi connectivity index (χ1v) is 12.6. The molecule has 0 saturated heterocycles. The number of hydrogen-bond donors (Lipinski definition) is 2. The van der Waals surface area contributed by atoms with Gasteiger partial charge >= 0.3 is 5.97 Å². The quantitative estimate of drug-likeness (QED) is 0.259. The monoisotopic (exact) mass is 477 g/mol. The summed E-state index contributed by atoms with van der Waals surface area (Å²) in [6.45, 7) is 0. The smallest absolute Gasteiger partial charge is 0.304 e. The molecule has 1 atom stereocenters. The second-order valence-corrected chi connectivity index (χ2v) is 9.84. The average molecular weight is 478 g/mol. The maximum absolute atomic E-state index is 11.2. The molecule has 36 heavy (non-hydrogen) atoms. The molecule has 1 aliphatic carbocycles. The third-order valence-corrected chi connectivity index (χ3v) is 7.33. The van der Waals surface area contributed by atoms with Gasteiger partial charge < -0.3 is 10.2 Å². The van der Waals surface area contributed by atoms with Crippen molar-refractivity contribution in [1.29, 1.82) is 0 Å². The first-order valence-electron chi connectivity index (χ1n) is 12.6. The summed E-state index contributed by atoms with van der Waals surface area (Å²) in [6, 6.07) is 30.7. The zero-order chi connectivity index (χ0) is 25.0. The summed E-state index contributed by atoms with van der Waals surface area (Å²) in [5.41, 5.74) is 7.40. The second-order valence-electron chi connectivity index (χ2n) is 9.84. The van der Waals surface area contributed by atoms with Crippen LogP contribution in [0.2, 0.25) is 0 Å². The van der Waals surface area contributed by atoms with Gasteiger partial charge in [0, 0.05) is 17.2 Å². The Bertz CT molecular complexity index is 1310. The molecule has 1 heterocycles. The van der Waals surface area contributed by atoms with E-state index in [9.17, 15) is 15.0 Å². The summed E-state index contributed by atoms with van der Waals surface area (Å²) < 4.78 is 0. The summed E-state index contributed by atoms with van der Waals surface area (Å²) in [5.74, 6) is -0.728. The van der Waals surface area contributed by atoms with Gasteiger partial charge in [-0.05, 0) is 66.0 Å². The van der Waals surface area contributed by atoms with E-state index in [0.717, 1.165) is 59.2 Å². The number of carboxylic acid groups (broad SMARTS) is 1. The summed E-state index contributed by atoms with van der Waals surface area (Å²) in [4.78, 5) is 15.9. The molecule has 0 radical (unpaired) electrons. The lowest BCUT2D eigenvalue weighted by atomic mass is 9.90. The van der Waals surface area contributed by atoms with E-state index in [4.69, 9.17) is 0 Å². The predicted molar refractivity (Wildman–Crippen MR) is 143 cm³/mol. The topological polar surface area (TPSA) is 70.4 Å². The van der Waals surface area contributed by atoms with Crippen molar-refractivity contribution >= 4 is 5.97 Å². The van der Waals surface area contributed by atoms with Crippen molar-refractivity contribution in [3.63, 3.8) is 0 Å². The van der Waals surface area contributed by atoms with Gasteiger partial charge in [0.25, 0.3) is 0 Å². The zero-order valence-corrected chi connectivity index (χ0v) is 20.3. The molecule has 0 aliphatic heterocycles. The van der Waals surface area contributed by atoms with Crippen molar-refractivity contribution in [3.8, 4) is 22.4 Å². The molecule has 1 unspecified atom stereocenters. The summed E-state index contributed by atoms with van der Waals surface area (Å²) in [5, 5.41) is 19.7. The van der Waals surface area contributed by atoms with Gasteiger partial charge in [-0.2, -0.15) is 0 Å². The van der Waals surface area contributed by atoms with Gasteiger partial charge in [0.2, 0.25) is 0 Å². The van der Waals surface area contributed by atoms with Crippen molar-refractivity contribution in [2.24, 2.45) is 0 Å². The van der Waals surface area contributed by atoms with Crippen LogP contribution in [0.25, 0.3) is 22.4 Å². The number of carboxylic acids is 1. The van der Waals surface area contributed by atoms with Crippen LogP contribution < -0.4 is 0 Å². The molecule has 0 spiro atoms. The lowest BCUT2D eigenvalue weighted by molar-refractivity contribution is -0.137. The van der Waals surface area contributed by atoms with Crippen molar-refractivity contribution in [2.75, 3.05) is 0 Å². The minimum Gasteiger partial charge on any atom is -0.481 e. The molecule has 4 heteroatoms. The van der Waals surface area contributed by atoms with E-state index in [-0.39, 0.29) is 11.8 Å². The Morgan fingerprint density at radius 3 is 2.11 bits per heavy atom. The van der Waals surface area contributed by atoms with Crippen LogP contribution in [0.3, 0.4) is 0 Å². The molecule has 5 rings (SSSR count). The van der Waals surface area contributed by atoms with Crippen LogP contribution in [0.5, 0.6) is 0 Å². The van der Waals surface area contributed by atoms with Crippen LogP contribution >= 0.6 is 0 Å². The molecular formula is C32H31NO3. The number of aliphatic hydroxyl groups is 1. The number of rotatable bonds is 10. The maximum Gasteiger partial charge on any atom is 0.304 e. The number of benzene rings is 3. The van der Waals surface area contributed by atoms with Crippen molar-refractivity contribution in [3.05, 3.63) is 114 Å². The Morgan fingerprint density at radius 2 is 1.47 bits per heavy atom. The highest BCUT2D eigenvalue weighted by atomic mass is 16.4. The van der Waals surface area contributed by atoms with Crippen LogP contribution in [0.4, 0.5) is 0 Å². The predicted octanol–water partition coefficient (Wildman–Crippen LogP) is 6.98. The molecule has 0 amide bonds. The normalized spacial score (nSPS) is 14.8. The maximum atomic E-state index is 11.2. The molecule has 182 valence electrons. The molecule has 4 aromatic rings. The van der Waals surface area contributed by atoms with E-state index in [0.29, 0.717) is 6.42 Å². The SMILES string of the molecule is O=C(O)CC1(c2ccc(-c3ccc(-c4ncccc4CCCC(O)c4ccccc4)cc3)cc2)CC1. The van der Waals surface area contributed by atoms with Gasteiger partial charge in [-0.25, -0.2) is 0 Å². The third kappa shape index (κ3) is 5.39. The number of carbonyl (C=O) groups is 1. The molecule has 2 N–H and O–H groups in total. The lowest BCUT2D eigenvalue weighted by Gasteiger charge is -2.14. The van der Waals surface area contributed by atoms with E-state index < -0.39 is 12.1 Å². The fourth-order valence-electron chi connectivity index (χ4n) is 5.07. The van der Waals surface area contributed by atoms with Crippen LogP contribution in [0, 0.1) is 0 Å². The molecular weight excluding hydrogens is 446 g/mol. The minimum atomic E-state index is -0.728. The van der Waals surface area contributed by atoms with Crippen molar-refractivity contribution in [1.82, 2.24) is 4.98 Å². The molecule has 1 aromatic heterocycles. The van der Waals surface area contributed by atoms with Gasteiger partial charge in [0.05, 0.1) is 18.2 Å². The van der Waals surface area contributed by atoms with E-state index in [1.54, 1.807) is 0 Å². The molecule has 1 saturated carbocycles. The number of aliphatic carboxylic acids is 1. The van der Waals surface area contributed by atoms with E-state index >= 15 is 0 Å². The highest BCUT2D eigenvalue weighted by Gasteiger charge is 2.45. The van der Waals surface area contributed by atoms with E-state index in [1.165, 1.54) is 5.56 Å². The largest absolute Gasteiger partial charge is 0.481 e. The van der Waals surface area contributed by atoms with Gasteiger partial charge in [-0.15, -0.1) is 0 Å². The van der Waals surface area contributed by atoms with Crippen LogP contribution in [0.1, 0.15) is 54.9 Å². The van der Waals surface area contributed by atoms with Crippen molar-refractivity contribution in [2.45, 2.75) is 50.0 Å². The number of aromatic nitrogens is 1. The van der Waals surface area contributed by atoms with Gasteiger partial charge in [0.1, 0.15) is 0 Å². The molecule has 1 aliphatic rings. The summed E-state index contributed by atoms with van der Waals surface area (Å²) in [7, 11) is 0. The lowest BCUT2D eigenvalue weighted by Crippen LogP contribution is -2.12.